The van der Waals surface area contributed by atoms with E-state index in [9.17, 15) is 4.79 Å². The molecule has 0 aliphatic rings. The highest BCUT2D eigenvalue weighted by atomic mass is 35.5. The number of nitrogens with one attached hydrogen (secondary N) is 1. The Morgan fingerprint density at radius 2 is 2.10 bits per heavy atom. The van der Waals surface area contributed by atoms with Gasteiger partial charge in [0.1, 0.15) is 11.3 Å². The molecule has 3 aromatic heterocycles. The van der Waals surface area contributed by atoms with E-state index in [0.29, 0.717) is 27.0 Å². The highest BCUT2D eigenvalue weighted by Crippen LogP contribution is 2.29. The standard InChI is InChI=1S/C17H10ClN3O2S.C4H11NO/c18-13-3-1-2-4-16(13)23-17-6-5-15-14(20-17)8-19-21(15)11-7-12(9-22)24-10-11;1-5-3-4-6-2/h1-10H;5H,3-4H2,1-2H3. The van der Waals surface area contributed by atoms with Crippen LogP contribution in [-0.2, 0) is 4.74 Å². The van der Waals surface area contributed by atoms with Crippen molar-refractivity contribution in [1.29, 1.82) is 0 Å². The number of hydrogen-bond acceptors (Lipinski definition) is 7. The van der Waals surface area contributed by atoms with Gasteiger partial charge in [-0.3, -0.25) is 4.79 Å². The smallest absolute Gasteiger partial charge is 0.220 e. The largest absolute Gasteiger partial charge is 0.437 e. The summed E-state index contributed by atoms with van der Waals surface area (Å²) in [5, 5.41) is 9.69. The van der Waals surface area contributed by atoms with E-state index in [0.717, 1.165) is 30.6 Å². The molecule has 0 atom stereocenters. The summed E-state index contributed by atoms with van der Waals surface area (Å²) in [5.41, 5.74) is 2.36. The molecule has 0 amide bonds. The van der Waals surface area contributed by atoms with Crippen LogP contribution in [0.5, 0.6) is 11.6 Å². The first-order chi connectivity index (χ1) is 14.7. The molecule has 0 unspecified atom stereocenters. The van der Waals surface area contributed by atoms with E-state index in [4.69, 9.17) is 21.1 Å². The van der Waals surface area contributed by atoms with Gasteiger partial charge in [0.15, 0.2) is 6.29 Å². The third-order valence-electron chi connectivity index (χ3n) is 3.97. The van der Waals surface area contributed by atoms with Gasteiger partial charge in [-0.25, -0.2) is 9.67 Å². The van der Waals surface area contributed by atoms with Crippen LogP contribution in [0.3, 0.4) is 0 Å². The number of fused-ring (bicyclic) bond motifs is 1. The first kappa shape index (κ1) is 21.9. The first-order valence-corrected chi connectivity index (χ1v) is 10.4. The fourth-order valence-corrected chi connectivity index (χ4v) is 3.36. The highest BCUT2D eigenvalue weighted by molar-refractivity contribution is 7.12. The van der Waals surface area contributed by atoms with Gasteiger partial charge in [0.2, 0.25) is 5.88 Å². The number of pyridine rings is 1. The van der Waals surface area contributed by atoms with E-state index < -0.39 is 0 Å². The van der Waals surface area contributed by atoms with Crippen LogP contribution < -0.4 is 10.1 Å². The van der Waals surface area contributed by atoms with Gasteiger partial charge in [-0.2, -0.15) is 5.10 Å². The monoisotopic (exact) mass is 444 g/mol. The Kier molecular flexibility index (Phi) is 7.92. The Morgan fingerprint density at radius 1 is 1.27 bits per heavy atom. The predicted octanol–water partition coefficient (Wildman–Crippen LogP) is 4.59. The third kappa shape index (κ3) is 5.43. The Balaban J connectivity index is 0.000000377. The fourth-order valence-electron chi connectivity index (χ4n) is 2.52. The second kappa shape index (κ2) is 10.8. The summed E-state index contributed by atoms with van der Waals surface area (Å²) in [4.78, 5) is 15.9. The molecule has 0 spiro atoms. The van der Waals surface area contributed by atoms with Crippen molar-refractivity contribution < 1.29 is 14.3 Å². The number of benzene rings is 1. The SMILES string of the molecule is CNCCOC.O=Cc1cc(-n2ncc3nc(Oc4ccccc4Cl)ccc32)cs1. The molecule has 30 heavy (non-hydrogen) atoms. The Labute approximate surface area is 183 Å². The molecule has 0 saturated carbocycles. The zero-order chi connectivity index (χ0) is 21.3. The molecular formula is C21H21ClN4O3S. The Morgan fingerprint density at radius 3 is 2.77 bits per heavy atom. The van der Waals surface area contributed by atoms with Crippen LogP contribution in [0.4, 0.5) is 0 Å². The van der Waals surface area contributed by atoms with Gasteiger partial charge in [-0.15, -0.1) is 11.3 Å². The summed E-state index contributed by atoms with van der Waals surface area (Å²) in [6.07, 6.45) is 2.49. The number of hydrogen-bond donors (Lipinski definition) is 1. The average molecular weight is 445 g/mol. The van der Waals surface area contributed by atoms with Gasteiger partial charge in [-0.1, -0.05) is 23.7 Å². The number of para-hydroxylation sites is 1. The molecule has 156 valence electrons. The lowest BCUT2D eigenvalue weighted by atomic mass is 10.3. The third-order valence-corrected chi connectivity index (χ3v) is 5.13. The maximum Gasteiger partial charge on any atom is 0.220 e. The molecule has 0 saturated heterocycles. The van der Waals surface area contributed by atoms with E-state index in [2.05, 4.69) is 15.4 Å². The molecular weight excluding hydrogens is 424 g/mol. The lowest BCUT2D eigenvalue weighted by Crippen LogP contribution is -2.12. The van der Waals surface area contributed by atoms with Crippen LogP contribution in [0.15, 0.2) is 54.0 Å². The predicted molar refractivity (Wildman–Crippen MR) is 119 cm³/mol. The van der Waals surface area contributed by atoms with Crippen molar-refractivity contribution in [3.63, 3.8) is 0 Å². The normalized spacial score (nSPS) is 10.5. The van der Waals surface area contributed by atoms with Crippen molar-refractivity contribution in [2.45, 2.75) is 0 Å². The number of thiophene rings is 1. The molecule has 0 bridgehead atoms. The number of nitrogens with zero attached hydrogens (tertiary/aromatic N) is 3. The number of aldehydes is 1. The molecule has 0 fully saturated rings. The first-order valence-electron chi connectivity index (χ1n) is 9.11. The lowest BCUT2D eigenvalue weighted by molar-refractivity contribution is 0.112. The van der Waals surface area contributed by atoms with E-state index in [1.807, 2.05) is 30.6 Å². The number of likely N-dealkylation sites (N-methyl/N-ethyl adjacent to an activating group) is 1. The number of ether oxygens (including phenoxy) is 2. The van der Waals surface area contributed by atoms with Gasteiger partial charge in [-0.05, 0) is 31.3 Å². The zero-order valence-corrected chi connectivity index (χ0v) is 18.1. The molecule has 4 aromatic rings. The van der Waals surface area contributed by atoms with Crippen LogP contribution in [0.1, 0.15) is 9.67 Å². The molecule has 4 rings (SSSR count). The average Bonchev–Trinajstić information content (AvgIpc) is 3.40. The van der Waals surface area contributed by atoms with Crippen molar-refractivity contribution in [3.8, 4) is 17.3 Å². The number of carbonyl (C=O) groups is 1. The Bertz CT molecular complexity index is 1110. The zero-order valence-electron chi connectivity index (χ0n) is 16.5. The molecule has 0 radical (unpaired) electrons. The molecule has 0 aliphatic carbocycles. The molecule has 0 aliphatic heterocycles. The maximum atomic E-state index is 10.8. The van der Waals surface area contributed by atoms with Crippen molar-refractivity contribution >= 4 is 40.3 Å². The van der Waals surface area contributed by atoms with Crippen LogP contribution >= 0.6 is 22.9 Å². The summed E-state index contributed by atoms with van der Waals surface area (Å²) < 4.78 is 12.2. The minimum absolute atomic E-state index is 0.439. The lowest BCUT2D eigenvalue weighted by Gasteiger charge is -2.06. The van der Waals surface area contributed by atoms with Gasteiger partial charge in [0.05, 0.1) is 33.9 Å². The van der Waals surface area contributed by atoms with Crippen molar-refractivity contribution in [2.75, 3.05) is 27.3 Å². The summed E-state index contributed by atoms with van der Waals surface area (Å²) in [5.74, 6) is 0.987. The number of rotatable bonds is 7. The Hall–Kier alpha value is -2.78. The van der Waals surface area contributed by atoms with Crippen molar-refractivity contribution in [1.82, 2.24) is 20.1 Å². The van der Waals surface area contributed by atoms with E-state index in [-0.39, 0.29) is 0 Å². The second-order valence-corrected chi connectivity index (χ2v) is 7.41. The number of aromatic nitrogens is 3. The van der Waals surface area contributed by atoms with Crippen molar-refractivity contribution in [2.24, 2.45) is 0 Å². The molecule has 1 N–H and O–H groups in total. The molecule has 1 aromatic carbocycles. The van der Waals surface area contributed by atoms with E-state index in [1.165, 1.54) is 11.3 Å². The van der Waals surface area contributed by atoms with Gasteiger partial charge < -0.3 is 14.8 Å². The summed E-state index contributed by atoms with van der Waals surface area (Å²) in [6, 6.07) is 12.6. The van der Waals surface area contributed by atoms with E-state index in [1.54, 1.807) is 42.3 Å². The van der Waals surface area contributed by atoms with Crippen LogP contribution in [0.2, 0.25) is 5.02 Å². The molecule has 3 heterocycles. The van der Waals surface area contributed by atoms with Crippen LogP contribution in [0.25, 0.3) is 16.7 Å². The number of carbonyl (C=O) groups excluding carboxylic acids is 1. The number of methoxy groups -OCH3 is 1. The minimum atomic E-state index is 0.439. The van der Waals surface area contributed by atoms with Gasteiger partial charge in [0.25, 0.3) is 0 Å². The maximum absolute atomic E-state index is 10.8. The molecule has 9 heteroatoms. The second-order valence-electron chi connectivity index (χ2n) is 6.06. The summed E-state index contributed by atoms with van der Waals surface area (Å²) in [7, 11) is 3.59. The van der Waals surface area contributed by atoms with Crippen molar-refractivity contribution in [3.05, 3.63) is 63.9 Å². The van der Waals surface area contributed by atoms with E-state index >= 15 is 0 Å². The highest BCUT2D eigenvalue weighted by Gasteiger charge is 2.10. The van der Waals surface area contributed by atoms with Gasteiger partial charge >= 0.3 is 0 Å². The molecule has 7 nitrogen and oxygen atoms in total. The minimum Gasteiger partial charge on any atom is -0.437 e. The quantitative estimate of drug-likeness (QED) is 0.331. The van der Waals surface area contributed by atoms with Gasteiger partial charge in [0, 0.05) is 25.1 Å². The van der Waals surface area contributed by atoms with Crippen LogP contribution in [-0.4, -0.2) is 48.4 Å². The number of halogens is 1. The topological polar surface area (TPSA) is 78.3 Å². The summed E-state index contributed by atoms with van der Waals surface area (Å²) >= 11 is 7.47. The van der Waals surface area contributed by atoms with Crippen LogP contribution in [0, 0.1) is 0 Å². The fraction of sp³-hybridized carbons (Fsp3) is 0.190. The summed E-state index contributed by atoms with van der Waals surface area (Å²) in [6.45, 7) is 1.74.